The summed E-state index contributed by atoms with van der Waals surface area (Å²) >= 11 is 7.26. The fraction of sp³-hybridized carbons (Fsp3) is 0.286. The van der Waals surface area contributed by atoms with Crippen molar-refractivity contribution in [3.8, 4) is 0 Å². The van der Waals surface area contributed by atoms with Crippen molar-refractivity contribution in [3.63, 3.8) is 0 Å². The van der Waals surface area contributed by atoms with E-state index in [2.05, 4.69) is 20.8 Å². The number of amides is 2. The zero-order valence-corrected chi connectivity index (χ0v) is 13.7. The largest absolute Gasteiger partial charge is 0.340 e. The summed E-state index contributed by atoms with van der Waals surface area (Å²) in [5.74, 6) is -0.765. The van der Waals surface area contributed by atoms with Gasteiger partial charge in [-0.25, -0.2) is 0 Å². The first-order chi connectivity index (χ1) is 10.5. The Morgan fingerprint density at radius 3 is 2.68 bits per heavy atom. The van der Waals surface area contributed by atoms with Crippen LogP contribution >= 0.6 is 22.9 Å². The minimum Gasteiger partial charge on any atom is -0.340 e. The van der Waals surface area contributed by atoms with Gasteiger partial charge >= 0.3 is 0 Å². The van der Waals surface area contributed by atoms with Gasteiger partial charge in [-0.1, -0.05) is 42.0 Å². The molecule has 2 amide bonds. The number of nitrogens with one attached hydrogen (secondary N) is 2. The van der Waals surface area contributed by atoms with Crippen molar-refractivity contribution in [1.29, 1.82) is 0 Å². The molecule has 0 bridgehead atoms. The van der Waals surface area contributed by atoms with Crippen molar-refractivity contribution >= 4 is 39.9 Å². The van der Waals surface area contributed by atoms with E-state index in [9.17, 15) is 9.59 Å². The second kappa shape index (κ2) is 7.33. The van der Waals surface area contributed by atoms with Gasteiger partial charge in [-0.05, 0) is 25.5 Å². The summed E-state index contributed by atoms with van der Waals surface area (Å²) in [6, 6.07) is 5.93. The summed E-state index contributed by atoms with van der Waals surface area (Å²) in [7, 11) is 0. The number of hydrogen-bond donors (Lipinski definition) is 2. The highest BCUT2D eigenvalue weighted by Gasteiger charge is 2.19. The molecule has 1 heterocycles. The van der Waals surface area contributed by atoms with Crippen LogP contribution in [-0.4, -0.2) is 28.1 Å². The van der Waals surface area contributed by atoms with Crippen LogP contribution in [0.15, 0.2) is 24.3 Å². The van der Waals surface area contributed by atoms with Gasteiger partial charge in [-0.2, -0.15) is 0 Å². The molecular weight excluding hydrogens is 324 g/mol. The number of rotatable bonds is 5. The molecular formula is C14H15ClN4O2S. The third kappa shape index (κ3) is 4.02. The molecule has 0 saturated carbocycles. The van der Waals surface area contributed by atoms with E-state index in [0.29, 0.717) is 15.7 Å². The lowest BCUT2D eigenvalue weighted by Gasteiger charge is -2.13. The summed E-state index contributed by atoms with van der Waals surface area (Å²) < 4.78 is 0. The highest BCUT2D eigenvalue weighted by Crippen LogP contribution is 2.16. The predicted molar refractivity (Wildman–Crippen MR) is 86.3 cm³/mol. The molecule has 1 atom stereocenters. The molecule has 22 heavy (non-hydrogen) atoms. The average Bonchev–Trinajstić information content (AvgIpc) is 2.95. The van der Waals surface area contributed by atoms with Gasteiger partial charge < -0.3 is 5.32 Å². The Hall–Kier alpha value is -1.99. The second-order valence-electron chi connectivity index (χ2n) is 4.52. The van der Waals surface area contributed by atoms with Crippen molar-refractivity contribution in [2.24, 2.45) is 0 Å². The second-order valence-corrected chi connectivity index (χ2v) is 5.99. The van der Waals surface area contributed by atoms with Crippen molar-refractivity contribution in [1.82, 2.24) is 15.5 Å². The molecule has 1 aromatic heterocycles. The monoisotopic (exact) mass is 338 g/mol. The Balaban J connectivity index is 1.96. The van der Waals surface area contributed by atoms with Gasteiger partial charge in [0.15, 0.2) is 0 Å². The van der Waals surface area contributed by atoms with Crippen LogP contribution in [0.1, 0.15) is 29.2 Å². The average molecular weight is 339 g/mol. The number of carbonyl (C=O) groups excluding carboxylic acids is 2. The smallest absolute Gasteiger partial charge is 0.253 e. The van der Waals surface area contributed by atoms with Crippen molar-refractivity contribution in [3.05, 3.63) is 39.9 Å². The molecule has 2 N–H and O–H groups in total. The summed E-state index contributed by atoms with van der Waals surface area (Å²) in [4.78, 5) is 24.1. The van der Waals surface area contributed by atoms with Crippen LogP contribution in [0, 0.1) is 0 Å². The van der Waals surface area contributed by atoms with E-state index in [4.69, 9.17) is 11.6 Å². The van der Waals surface area contributed by atoms with Crippen LogP contribution in [0.4, 0.5) is 5.13 Å². The van der Waals surface area contributed by atoms with E-state index in [1.807, 2.05) is 6.92 Å². The SMILES string of the molecule is CCc1nnc(NC(=O)C(C)NC(=O)c2ccccc2Cl)s1. The zero-order chi connectivity index (χ0) is 16.1. The Morgan fingerprint density at radius 2 is 2.05 bits per heavy atom. The summed E-state index contributed by atoms with van der Waals surface area (Å²) in [5, 5.41) is 14.6. The highest BCUT2D eigenvalue weighted by atomic mass is 35.5. The van der Waals surface area contributed by atoms with Crippen LogP contribution in [0.25, 0.3) is 0 Å². The third-order valence-corrected chi connectivity index (χ3v) is 4.17. The van der Waals surface area contributed by atoms with E-state index < -0.39 is 11.9 Å². The zero-order valence-electron chi connectivity index (χ0n) is 12.1. The number of carbonyl (C=O) groups is 2. The molecule has 1 unspecified atom stereocenters. The van der Waals surface area contributed by atoms with Crippen LogP contribution in [0.2, 0.25) is 5.02 Å². The molecule has 0 aliphatic heterocycles. The normalized spacial score (nSPS) is 11.8. The molecule has 116 valence electrons. The molecule has 8 heteroatoms. The number of aromatic nitrogens is 2. The van der Waals surface area contributed by atoms with Gasteiger partial charge in [0.05, 0.1) is 10.6 Å². The molecule has 2 rings (SSSR count). The Bertz CT molecular complexity index is 689. The first-order valence-electron chi connectivity index (χ1n) is 6.70. The maximum absolute atomic E-state index is 12.1. The van der Waals surface area contributed by atoms with Crippen LogP contribution in [0.5, 0.6) is 0 Å². The van der Waals surface area contributed by atoms with E-state index in [0.717, 1.165) is 11.4 Å². The van der Waals surface area contributed by atoms with Crippen LogP contribution in [0.3, 0.4) is 0 Å². The molecule has 0 aliphatic rings. The van der Waals surface area contributed by atoms with E-state index in [1.54, 1.807) is 31.2 Å². The summed E-state index contributed by atoms with van der Waals surface area (Å²) in [6.45, 7) is 3.55. The molecule has 1 aromatic carbocycles. The molecule has 2 aromatic rings. The number of aryl methyl sites for hydroxylation is 1. The minimum atomic E-state index is -0.724. The molecule has 6 nitrogen and oxygen atoms in total. The molecule has 0 spiro atoms. The Kier molecular flexibility index (Phi) is 5.46. The molecule has 0 saturated heterocycles. The van der Waals surface area contributed by atoms with Crippen LogP contribution < -0.4 is 10.6 Å². The minimum absolute atomic E-state index is 0.327. The number of nitrogens with zero attached hydrogens (tertiary/aromatic N) is 2. The van der Waals surface area contributed by atoms with Gasteiger partial charge in [-0.3, -0.25) is 14.9 Å². The van der Waals surface area contributed by atoms with E-state index >= 15 is 0 Å². The highest BCUT2D eigenvalue weighted by molar-refractivity contribution is 7.15. The van der Waals surface area contributed by atoms with Crippen molar-refractivity contribution in [2.75, 3.05) is 5.32 Å². The number of halogens is 1. The van der Waals surface area contributed by atoms with E-state index in [1.165, 1.54) is 11.3 Å². The van der Waals surface area contributed by atoms with Gasteiger partial charge in [0.1, 0.15) is 11.0 Å². The van der Waals surface area contributed by atoms with Crippen LogP contribution in [-0.2, 0) is 11.2 Å². The lowest BCUT2D eigenvalue weighted by molar-refractivity contribution is -0.117. The topological polar surface area (TPSA) is 84.0 Å². The van der Waals surface area contributed by atoms with Gasteiger partial charge in [0, 0.05) is 0 Å². The first kappa shape index (κ1) is 16.4. The van der Waals surface area contributed by atoms with Gasteiger partial charge in [-0.15, -0.1) is 10.2 Å². The molecule has 0 aliphatic carbocycles. The summed E-state index contributed by atoms with van der Waals surface area (Å²) in [6.07, 6.45) is 0.756. The molecule has 0 radical (unpaired) electrons. The predicted octanol–water partition coefficient (Wildman–Crippen LogP) is 2.51. The lowest BCUT2D eigenvalue weighted by atomic mass is 10.2. The fourth-order valence-corrected chi connectivity index (χ4v) is 2.55. The van der Waals surface area contributed by atoms with Crippen molar-refractivity contribution in [2.45, 2.75) is 26.3 Å². The lowest BCUT2D eigenvalue weighted by Crippen LogP contribution is -2.41. The molecule has 0 fully saturated rings. The maximum Gasteiger partial charge on any atom is 0.253 e. The quantitative estimate of drug-likeness (QED) is 0.877. The Labute approximate surface area is 136 Å². The maximum atomic E-state index is 12.1. The van der Waals surface area contributed by atoms with E-state index in [-0.39, 0.29) is 5.91 Å². The Morgan fingerprint density at radius 1 is 1.32 bits per heavy atom. The summed E-state index contributed by atoms with van der Waals surface area (Å²) in [5.41, 5.74) is 0.327. The van der Waals surface area contributed by atoms with Gasteiger partial charge in [0.25, 0.3) is 5.91 Å². The number of anilines is 1. The fourth-order valence-electron chi connectivity index (χ4n) is 1.65. The third-order valence-electron chi connectivity index (χ3n) is 2.86. The number of benzene rings is 1. The van der Waals surface area contributed by atoms with Gasteiger partial charge in [0.2, 0.25) is 11.0 Å². The first-order valence-corrected chi connectivity index (χ1v) is 7.89. The van der Waals surface area contributed by atoms with Crippen molar-refractivity contribution < 1.29 is 9.59 Å². The number of hydrogen-bond acceptors (Lipinski definition) is 5. The standard InChI is InChI=1S/C14H15ClN4O2S/c1-3-11-18-19-14(22-11)17-12(20)8(2)16-13(21)9-6-4-5-7-10(9)15/h4-8H,3H2,1-2H3,(H,16,21)(H,17,19,20).